The lowest BCUT2D eigenvalue weighted by Gasteiger charge is -2.16. The Bertz CT molecular complexity index is 657. The van der Waals surface area contributed by atoms with Crippen molar-refractivity contribution >= 4 is 23.5 Å². The zero-order valence-corrected chi connectivity index (χ0v) is 12.9. The molecular weight excluding hydrogens is 276 g/mol. The first-order valence-corrected chi connectivity index (χ1v) is 8.39. The summed E-state index contributed by atoms with van der Waals surface area (Å²) < 4.78 is 0. The topological polar surface area (TPSA) is 25.2 Å². The molecule has 3 heteroatoms. The molecule has 3 rings (SSSR count). The number of benzene rings is 1. The van der Waals surface area contributed by atoms with E-state index in [1.54, 1.807) is 18.0 Å². The van der Waals surface area contributed by atoms with Gasteiger partial charge in [0.1, 0.15) is 0 Å². The van der Waals surface area contributed by atoms with Crippen molar-refractivity contribution in [2.45, 2.75) is 17.7 Å². The van der Waals surface area contributed by atoms with E-state index in [1.165, 1.54) is 16.0 Å². The predicted octanol–water partition coefficient (Wildman–Crippen LogP) is 4.47. The van der Waals surface area contributed by atoms with E-state index in [-0.39, 0.29) is 0 Å². The zero-order valence-electron chi connectivity index (χ0n) is 12.1. The van der Waals surface area contributed by atoms with Crippen LogP contribution in [0, 0.1) is 0 Å². The number of aliphatic imine (C=N–C) groups is 1. The van der Waals surface area contributed by atoms with Crippen LogP contribution in [0.15, 0.2) is 64.3 Å². The van der Waals surface area contributed by atoms with Crippen LogP contribution in [0.1, 0.15) is 24.0 Å². The number of nitrogens with zero attached hydrogens (tertiary/aromatic N) is 2. The molecule has 1 aromatic carbocycles. The summed E-state index contributed by atoms with van der Waals surface area (Å²) in [7, 11) is 0. The van der Waals surface area contributed by atoms with Crippen LogP contribution in [0.25, 0.3) is 6.08 Å². The molecule has 0 N–H and O–H groups in total. The fourth-order valence-corrected chi connectivity index (χ4v) is 2.91. The summed E-state index contributed by atoms with van der Waals surface area (Å²) in [6, 6.07) is 12.7. The predicted molar refractivity (Wildman–Crippen MR) is 91.1 cm³/mol. The maximum absolute atomic E-state index is 4.72. The molecule has 106 valence electrons. The number of hydrogen-bond acceptors (Lipinski definition) is 3. The lowest BCUT2D eigenvalue weighted by molar-refractivity contribution is 0.818. The summed E-state index contributed by atoms with van der Waals surface area (Å²) in [6.45, 7) is 0.910. The first kappa shape index (κ1) is 14.1. The molecule has 0 spiro atoms. The Hall–Kier alpha value is -1.87. The molecule has 0 bridgehead atoms. The number of rotatable bonds is 3. The van der Waals surface area contributed by atoms with Gasteiger partial charge < -0.3 is 0 Å². The normalized spacial score (nSPS) is 16.8. The van der Waals surface area contributed by atoms with Crippen LogP contribution < -0.4 is 0 Å². The fraction of sp³-hybridized carbons (Fsp3) is 0.222. The molecule has 0 fully saturated rings. The van der Waals surface area contributed by atoms with Crippen LogP contribution in [-0.2, 0) is 0 Å². The second-order valence-electron chi connectivity index (χ2n) is 5.02. The Morgan fingerprint density at radius 3 is 2.71 bits per heavy atom. The van der Waals surface area contributed by atoms with Gasteiger partial charge in [-0.05, 0) is 60.6 Å². The molecule has 0 atom stereocenters. The molecule has 0 aliphatic carbocycles. The molecule has 1 aliphatic rings. The zero-order chi connectivity index (χ0) is 14.5. The highest BCUT2D eigenvalue weighted by Crippen LogP contribution is 2.23. The third kappa shape index (κ3) is 3.42. The van der Waals surface area contributed by atoms with E-state index in [0.29, 0.717) is 0 Å². The molecular formula is C18H18N2S. The lowest BCUT2D eigenvalue weighted by atomic mass is 9.95. The molecule has 0 radical (unpaired) electrons. The van der Waals surface area contributed by atoms with Gasteiger partial charge in [0, 0.05) is 29.4 Å². The minimum atomic E-state index is 0.910. The molecule has 2 nitrogen and oxygen atoms in total. The molecule has 21 heavy (non-hydrogen) atoms. The van der Waals surface area contributed by atoms with Crippen LogP contribution >= 0.6 is 11.8 Å². The summed E-state index contributed by atoms with van der Waals surface area (Å²) >= 11 is 1.77. The quantitative estimate of drug-likeness (QED) is 0.780. The van der Waals surface area contributed by atoms with Crippen molar-refractivity contribution < 1.29 is 0 Å². The maximum atomic E-state index is 4.72. The maximum Gasteiger partial charge on any atom is 0.0694 e. The van der Waals surface area contributed by atoms with Gasteiger partial charge >= 0.3 is 0 Å². The number of hydrogen-bond donors (Lipinski definition) is 0. The third-order valence-electron chi connectivity index (χ3n) is 3.57. The van der Waals surface area contributed by atoms with Crippen molar-refractivity contribution in [3.63, 3.8) is 0 Å². The van der Waals surface area contributed by atoms with E-state index in [9.17, 15) is 0 Å². The average Bonchev–Trinajstić information content (AvgIpc) is 2.57. The SMILES string of the molecule is CSc1ccc(/C=C2\CCCN=C2c2cccnc2)cc1. The van der Waals surface area contributed by atoms with Gasteiger partial charge in [0.25, 0.3) is 0 Å². The molecule has 1 aliphatic heterocycles. The van der Waals surface area contributed by atoms with Gasteiger partial charge in [-0.25, -0.2) is 0 Å². The minimum absolute atomic E-state index is 0.910. The van der Waals surface area contributed by atoms with E-state index in [4.69, 9.17) is 4.99 Å². The van der Waals surface area contributed by atoms with Gasteiger partial charge in [0.2, 0.25) is 0 Å². The first-order valence-electron chi connectivity index (χ1n) is 7.16. The van der Waals surface area contributed by atoms with Crippen molar-refractivity contribution in [2.75, 3.05) is 12.8 Å². The van der Waals surface area contributed by atoms with Crippen LogP contribution in [0.3, 0.4) is 0 Å². The van der Waals surface area contributed by atoms with Gasteiger partial charge in [0.05, 0.1) is 5.71 Å². The van der Waals surface area contributed by atoms with Crippen LogP contribution in [0.2, 0.25) is 0 Å². The third-order valence-corrected chi connectivity index (χ3v) is 4.31. The molecule has 0 unspecified atom stereocenters. The van der Waals surface area contributed by atoms with Crippen molar-refractivity contribution in [1.82, 2.24) is 4.98 Å². The van der Waals surface area contributed by atoms with Crippen molar-refractivity contribution in [2.24, 2.45) is 4.99 Å². The summed E-state index contributed by atoms with van der Waals surface area (Å²) in [5.41, 5.74) is 4.76. The number of allylic oxidation sites excluding steroid dienone is 1. The average molecular weight is 294 g/mol. The molecule has 0 amide bonds. The van der Waals surface area contributed by atoms with E-state index < -0.39 is 0 Å². The summed E-state index contributed by atoms with van der Waals surface area (Å²) in [5.74, 6) is 0. The molecule has 2 aromatic rings. The Morgan fingerprint density at radius 2 is 2.00 bits per heavy atom. The number of pyridine rings is 1. The summed E-state index contributed by atoms with van der Waals surface area (Å²) in [4.78, 5) is 10.2. The van der Waals surface area contributed by atoms with Gasteiger partial charge in [-0.3, -0.25) is 9.98 Å². The van der Waals surface area contributed by atoms with Crippen molar-refractivity contribution in [3.05, 3.63) is 65.5 Å². The Labute approximate surface area is 130 Å². The highest BCUT2D eigenvalue weighted by Gasteiger charge is 2.14. The van der Waals surface area contributed by atoms with Crippen LogP contribution in [-0.4, -0.2) is 23.5 Å². The smallest absolute Gasteiger partial charge is 0.0694 e. The Balaban J connectivity index is 1.93. The van der Waals surface area contributed by atoms with Crippen molar-refractivity contribution in [3.8, 4) is 0 Å². The number of aromatic nitrogens is 1. The molecule has 0 saturated heterocycles. The van der Waals surface area contributed by atoms with Gasteiger partial charge in [-0.1, -0.05) is 12.1 Å². The van der Waals surface area contributed by atoms with E-state index in [1.807, 2.05) is 12.3 Å². The second kappa shape index (κ2) is 6.72. The molecule has 2 heterocycles. The highest BCUT2D eigenvalue weighted by atomic mass is 32.2. The Kier molecular flexibility index (Phi) is 4.51. The molecule has 0 saturated carbocycles. The molecule has 1 aromatic heterocycles. The first-order chi connectivity index (χ1) is 10.4. The monoisotopic (exact) mass is 294 g/mol. The lowest BCUT2D eigenvalue weighted by Crippen LogP contribution is -2.11. The minimum Gasteiger partial charge on any atom is -0.284 e. The Morgan fingerprint density at radius 1 is 1.14 bits per heavy atom. The standard InChI is InChI=1S/C18H18N2S/c1-21-17-8-6-14(7-9-17)12-15-4-3-11-20-18(15)16-5-2-10-19-13-16/h2,5-10,12-13H,3-4,11H2,1H3/b15-12+. The van der Waals surface area contributed by atoms with Crippen LogP contribution in [0.4, 0.5) is 0 Å². The van der Waals surface area contributed by atoms with Crippen molar-refractivity contribution in [1.29, 1.82) is 0 Å². The number of thioether (sulfide) groups is 1. The van der Waals surface area contributed by atoms with E-state index in [0.717, 1.165) is 30.7 Å². The summed E-state index contributed by atoms with van der Waals surface area (Å²) in [5, 5.41) is 0. The summed E-state index contributed by atoms with van der Waals surface area (Å²) in [6.07, 6.45) is 10.3. The largest absolute Gasteiger partial charge is 0.284 e. The second-order valence-corrected chi connectivity index (χ2v) is 5.90. The fourth-order valence-electron chi connectivity index (χ4n) is 2.50. The van der Waals surface area contributed by atoms with Gasteiger partial charge in [-0.15, -0.1) is 11.8 Å². The highest BCUT2D eigenvalue weighted by molar-refractivity contribution is 7.98. The van der Waals surface area contributed by atoms with Crippen LogP contribution in [0.5, 0.6) is 0 Å². The van der Waals surface area contributed by atoms with Gasteiger partial charge in [0.15, 0.2) is 0 Å². The van der Waals surface area contributed by atoms with E-state index in [2.05, 4.69) is 47.6 Å². The van der Waals surface area contributed by atoms with Gasteiger partial charge in [-0.2, -0.15) is 0 Å². The van der Waals surface area contributed by atoms with E-state index >= 15 is 0 Å².